The standard InChI is InChI=1S/C18H19NO5/c1-23-15-9-6-10-16(24-2)13(15)11-14(18(21)22)19-17(20)12-7-4-3-5-8-12/h3-10,14H,11H2,1-2H3,(H,19,20)(H,21,22)/t14-/m0/s1. The van der Waals surface area contributed by atoms with Crippen molar-refractivity contribution >= 4 is 11.9 Å². The van der Waals surface area contributed by atoms with Crippen LogP contribution in [0, 0.1) is 0 Å². The van der Waals surface area contributed by atoms with Crippen molar-refractivity contribution in [1.29, 1.82) is 0 Å². The molecule has 0 unspecified atom stereocenters. The molecule has 0 saturated carbocycles. The van der Waals surface area contributed by atoms with Gasteiger partial charge in [-0.3, -0.25) is 4.79 Å². The summed E-state index contributed by atoms with van der Waals surface area (Å²) >= 11 is 0. The van der Waals surface area contributed by atoms with Crippen molar-refractivity contribution in [2.24, 2.45) is 0 Å². The molecule has 2 N–H and O–H groups in total. The van der Waals surface area contributed by atoms with Crippen molar-refractivity contribution in [3.05, 3.63) is 59.7 Å². The van der Waals surface area contributed by atoms with Gasteiger partial charge in [-0.25, -0.2) is 4.79 Å². The Balaban J connectivity index is 2.24. The highest BCUT2D eigenvalue weighted by atomic mass is 16.5. The highest BCUT2D eigenvalue weighted by Crippen LogP contribution is 2.29. The van der Waals surface area contributed by atoms with Crippen molar-refractivity contribution < 1.29 is 24.2 Å². The summed E-state index contributed by atoms with van der Waals surface area (Å²) in [6.07, 6.45) is 0.0428. The number of carbonyl (C=O) groups is 2. The normalized spacial score (nSPS) is 11.4. The number of carbonyl (C=O) groups excluding carboxylic acids is 1. The molecule has 0 spiro atoms. The van der Waals surface area contributed by atoms with E-state index in [1.54, 1.807) is 48.5 Å². The zero-order valence-corrected chi connectivity index (χ0v) is 13.5. The number of carboxylic acid groups (broad SMARTS) is 1. The largest absolute Gasteiger partial charge is 0.496 e. The maximum Gasteiger partial charge on any atom is 0.326 e. The summed E-state index contributed by atoms with van der Waals surface area (Å²) in [4.78, 5) is 23.8. The Morgan fingerprint density at radius 3 is 2.08 bits per heavy atom. The highest BCUT2D eigenvalue weighted by Gasteiger charge is 2.24. The predicted molar refractivity (Wildman–Crippen MR) is 88.6 cm³/mol. The number of rotatable bonds is 7. The molecule has 0 radical (unpaired) electrons. The second-order valence-corrected chi connectivity index (χ2v) is 5.08. The summed E-state index contributed by atoms with van der Waals surface area (Å²) in [5, 5.41) is 12.0. The average Bonchev–Trinajstić information content (AvgIpc) is 2.61. The van der Waals surface area contributed by atoms with Gasteiger partial charge in [0.15, 0.2) is 0 Å². The zero-order valence-electron chi connectivity index (χ0n) is 13.5. The number of aliphatic carboxylic acids is 1. The van der Waals surface area contributed by atoms with Crippen molar-refractivity contribution in [1.82, 2.24) is 5.32 Å². The van der Waals surface area contributed by atoms with E-state index >= 15 is 0 Å². The first kappa shape index (κ1) is 17.3. The molecule has 0 saturated heterocycles. The minimum absolute atomic E-state index is 0.0428. The minimum atomic E-state index is -1.13. The van der Waals surface area contributed by atoms with Crippen LogP contribution in [0.25, 0.3) is 0 Å². The summed E-state index contributed by atoms with van der Waals surface area (Å²) in [6, 6.07) is 12.5. The molecule has 2 rings (SSSR count). The molecule has 6 heteroatoms. The molecule has 0 heterocycles. The van der Waals surface area contributed by atoms with Crippen LogP contribution in [-0.4, -0.2) is 37.2 Å². The minimum Gasteiger partial charge on any atom is -0.496 e. The van der Waals surface area contributed by atoms with Crippen LogP contribution in [0.1, 0.15) is 15.9 Å². The van der Waals surface area contributed by atoms with E-state index in [0.717, 1.165) is 0 Å². The van der Waals surface area contributed by atoms with Gasteiger partial charge in [0.1, 0.15) is 17.5 Å². The SMILES string of the molecule is COc1cccc(OC)c1C[C@H](NC(=O)c1ccccc1)C(=O)O. The third-order valence-corrected chi connectivity index (χ3v) is 3.58. The third-order valence-electron chi connectivity index (χ3n) is 3.58. The molecule has 1 atom stereocenters. The van der Waals surface area contributed by atoms with Gasteiger partial charge in [0.05, 0.1) is 14.2 Å². The first-order valence-corrected chi connectivity index (χ1v) is 7.35. The van der Waals surface area contributed by atoms with Gasteiger partial charge < -0.3 is 19.9 Å². The van der Waals surface area contributed by atoms with Crippen LogP contribution in [0.15, 0.2) is 48.5 Å². The van der Waals surface area contributed by atoms with E-state index in [0.29, 0.717) is 22.6 Å². The van der Waals surface area contributed by atoms with Gasteiger partial charge in [-0.05, 0) is 24.3 Å². The maximum absolute atomic E-state index is 12.2. The first-order chi connectivity index (χ1) is 11.6. The Kier molecular flexibility index (Phi) is 5.78. The number of methoxy groups -OCH3 is 2. The number of nitrogens with one attached hydrogen (secondary N) is 1. The summed E-state index contributed by atoms with van der Waals surface area (Å²) in [5.41, 5.74) is 0.985. The summed E-state index contributed by atoms with van der Waals surface area (Å²) in [5.74, 6) is -0.562. The molecule has 0 fully saturated rings. The van der Waals surface area contributed by atoms with Crippen molar-refractivity contribution in [3.63, 3.8) is 0 Å². The lowest BCUT2D eigenvalue weighted by atomic mass is 10.0. The van der Waals surface area contributed by atoms with Crippen LogP contribution in [0.2, 0.25) is 0 Å². The van der Waals surface area contributed by atoms with Crippen molar-refractivity contribution in [3.8, 4) is 11.5 Å². The van der Waals surface area contributed by atoms with E-state index in [4.69, 9.17) is 9.47 Å². The number of hydrogen-bond acceptors (Lipinski definition) is 4. The van der Waals surface area contributed by atoms with Crippen LogP contribution >= 0.6 is 0 Å². The highest BCUT2D eigenvalue weighted by molar-refractivity contribution is 5.96. The van der Waals surface area contributed by atoms with Gasteiger partial charge in [-0.15, -0.1) is 0 Å². The molecule has 1 amide bonds. The molecule has 6 nitrogen and oxygen atoms in total. The number of hydrogen-bond donors (Lipinski definition) is 2. The predicted octanol–water partition coefficient (Wildman–Crippen LogP) is 2.13. The van der Waals surface area contributed by atoms with Crippen LogP contribution in [0.5, 0.6) is 11.5 Å². The van der Waals surface area contributed by atoms with E-state index in [2.05, 4.69) is 5.32 Å². The van der Waals surface area contributed by atoms with E-state index < -0.39 is 17.9 Å². The van der Waals surface area contributed by atoms with Gasteiger partial charge in [0, 0.05) is 17.5 Å². The van der Waals surface area contributed by atoms with Crippen molar-refractivity contribution in [2.75, 3.05) is 14.2 Å². The Hall–Kier alpha value is -3.02. The molecule has 126 valence electrons. The van der Waals surface area contributed by atoms with Crippen molar-refractivity contribution in [2.45, 2.75) is 12.5 Å². The smallest absolute Gasteiger partial charge is 0.326 e. The van der Waals surface area contributed by atoms with E-state index in [9.17, 15) is 14.7 Å². The number of benzene rings is 2. The fraction of sp³-hybridized carbons (Fsp3) is 0.222. The van der Waals surface area contributed by atoms with Gasteiger partial charge in [-0.1, -0.05) is 24.3 Å². The molecule has 0 aliphatic rings. The number of ether oxygens (including phenoxy) is 2. The molecule has 2 aromatic rings. The summed E-state index contributed by atoms with van der Waals surface area (Å²) in [6.45, 7) is 0. The Labute approximate surface area is 140 Å². The number of carboxylic acids is 1. The van der Waals surface area contributed by atoms with Crippen LogP contribution < -0.4 is 14.8 Å². The van der Waals surface area contributed by atoms with Crippen LogP contribution in [0.4, 0.5) is 0 Å². The molecule has 2 aromatic carbocycles. The second kappa shape index (κ2) is 8.01. The summed E-state index contributed by atoms with van der Waals surface area (Å²) < 4.78 is 10.5. The van der Waals surface area contributed by atoms with Gasteiger partial charge in [-0.2, -0.15) is 0 Å². The Bertz CT molecular complexity index is 692. The zero-order chi connectivity index (χ0) is 17.5. The Morgan fingerprint density at radius 2 is 1.58 bits per heavy atom. The van der Waals surface area contributed by atoms with Crippen LogP contribution in [0.3, 0.4) is 0 Å². The molecular formula is C18H19NO5. The van der Waals surface area contributed by atoms with E-state index in [1.807, 2.05) is 0 Å². The van der Waals surface area contributed by atoms with Gasteiger partial charge >= 0.3 is 5.97 Å². The topological polar surface area (TPSA) is 84.9 Å². The third kappa shape index (κ3) is 4.04. The quantitative estimate of drug-likeness (QED) is 0.813. The van der Waals surface area contributed by atoms with Gasteiger partial charge in [0.25, 0.3) is 5.91 Å². The lowest BCUT2D eigenvalue weighted by Gasteiger charge is -2.18. The lowest BCUT2D eigenvalue weighted by molar-refractivity contribution is -0.139. The van der Waals surface area contributed by atoms with Crippen LogP contribution in [-0.2, 0) is 11.2 Å². The Morgan fingerprint density at radius 1 is 1.00 bits per heavy atom. The fourth-order valence-electron chi connectivity index (χ4n) is 2.36. The van der Waals surface area contributed by atoms with E-state index in [1.165, 1.54) is 14.2 Å². The fourth-order valence-corrected chi connectivity index (χ4v) is 2.36. The molecule has 0 aliphatic carbocycles. The molecule has 0 bridgehead atoms. The molecule has 0 aromatic heterocycles. The summed E-state index contributed by atoms with van der Waals surface area (Å²) in [7, 11) is 2.99. The van der Waals surface area contributed by atoms with Gasteiger partial charge in [0.2, 0.25) is 0 Å². The average molecular weight is 329 g/mol. The van der Waals surface area contributed by atoms with E-state index in [-0.39, 0.29) is 6.42 Å². The molecule has 0 aliphatic heterocycles. The first-order valence-electron chi connectivity index (χ1n) is 7.35. The second-order valence-electron chi connectivity index (χ2n) is 5.08. The monoisotopic (exact) mass is 329 g/mol. The maximum atomic E-state index is 12.2. The molecule has 24 heavy (non-hydrogen) atoms. The molecular weight excluding hydrogens is 310 g/mol. The number of amides is 1. The lowest BCUT2D eigenvalue weighted by Crippen LogP contribution is -2.42.